The molecule has 1 aliphatic heterocycles. The molecule has 1 heterocycles. The minimum absolute atomic E-state index is 0.0735. The highest BCUT2D eigenvalue weighted by molar-refractivity contribution is 5.35. The van der Waals surface area contributed by atoms with Crippen molar-refractivity contribution >= 4 is 0 Å². The van der Waals surface area contributed by atoms with Crippen molar-refractivity contribution in [2.75, 3.05) is 7.11 Å². The van der Waals surface area contributed by atoms with Gasteiger partial charge in [-0.15, -0.1) is 0 Å². The van der Waals surface area contributed by atoms with Gasteiger partial charge in [0.1, 0.15) is 0 Å². The smallest absolute Gasteiger partial charge is 0.165 e. The Morgan fingerprint density at radius 1 is 1.42 bits per heavy atom. The fourth-order valence-corrected chi connectivity index (χ4v) is 2.54. The molecule has 0 spiro atoms. The van der Waals surface area contributed by atoms with Crippen molar-refractivity contribution in [2.24, 2.45) is 0 Å². The third-order valence-electron chi connectivity index (χ3n) is 3.50. The fraction of sp³-hybridized carbons (Fsp3) is 0.533. The highest BCUT2D eigenvalue weighted by atomic mass is 19.1. The fourth-order valence-electron chi connectivity index (χ4n) is 2.54. The summed E-state index contributed by atoms with van der Waals surface area (Å²) in [6.45, 7) is 0. The van der Waals surface area contributed by atoms with E-state index in [1.807, 2.05) is 6.07 Å². The predicted octanol–water partition coefficient (Wildman–Crippen LogP) is 3.23. The maximum atomic E-state index is 13.5. The largest absolute Gasteiger partial charge is 0.493 e. The van der Waals surface area contributed by atoms with Gasteiger partial charge in [-0.1, -0.05) is 12.1 Å². The van der Waals surface area contributed by atoms with Gasteiger partial charge in [-0.2, -0.15) is 5.26 Å². The Balaban J connectivity index is 1.90. The van der Waals surface area contributed by atoms with E-state index in [0.29, 0.717) is 12.2 Å². The molecular weight excluding hydrogens is 245 g/mol. The van der Waals surface area contributed by atoms with Crippen LogP contribution in [0.5, 0.6) is 5.75 Å². The number of hydrogen-bond donors (Lipinski definition) is 0. The average Bonchev–Trinajstić information content (AvgIpc) is 2.84. The van der Waals surface area contributed by atoms with Gasteiger partial charge in [0.2, 0.25) is 0 Å². The van der Waals surface area contributed by atoms with E-state index in [-0.39, 0.29) is 18.0 Å². The molecular formula is C15H18FNO2. The second-order valence-electron chi connectivity index (χ2n) is 4.79. The van der Waals surface area contributed by atoms with Crippen molar-refractivity contribution in [1.29, 1.82) is 5.26 Å². The normalized spacial score (nSPS) is 22.2. The Morgan fingerprint density at radius 2 is 2.21 bits per heavy atom. The Kier molecular flexibility index (Phi) is 4.75. The summed E-state index contributed by atoms with van der Waals surface area (Å²) in [5, 5.41) is 8.63. The van der Waals surface area contributed by atoms with Gasteiger partial charge in [0.15, 0.2) is 11.6 Å². The summed E-state index contributed by atoms with van der Waals surface area (Å²) >= 11 is 0. The first-order valence-corrected chi connectivity index (χ1v) is 6.58. The van der Waals surface area contributed by atoms with Crippen LogP contribution in [0.1, 0.15) is 31.2 Å². The Bertz CT molecular complexity index is 470. The molecule has 2 atom stereocenters. The van der Waals surface area contributed by atoms with E-state index < -0.39 is 0 Å². The number of benzene rings is 1. The molecule has 0 radical (unpaired) electrons. The Hall–Kier alpha value is -1.60. The highest BCUT2D eigenvalue weighted by Crippen LogP contribution is 2.28. The summed E-state index contributed by atoms with van der Waals surface area (Å²) in [5.41, 5.74) is 0.870. The number of aryl methyl sites for hydroxylation is 1. The zero-order valence-electron chi connectivity index (χ0n) is 11.1. The summed E-state index contributed by atoms with van der Waals surface area (Å²) < 4.78 is 24.4. The molecule has 0 aliphatic carbocycles. The summed E-state index contributed by atoms with van der Waals surface area (Å²) in [6.07, 6.45) is 4.19. The molecule has 1 aliphatic rings. The van der Waals surface area contributed by atoms with Gasteiger partial charge in [-0.25, -0.2) is 4.39 Å². The summed E-state index contributed by atoms with van der Waals surface area (Å²) in [7, 11) is 1.48. The molecule has 0 saturated carbocycles. The van der Waals surface area contributed by atoms with Crippen molar-refractivity contribution in [3.05, 3.63) is 29.6 Å². The number of halogens is 1. The van der Waals surface area contributed by atoms with Gasteiger partial charge < -0.3 is 9.47 Å². The molecule has 102 valence electrons. The van der Waals surface area contributed by atoms with Crippen molar-refractivity contribution in [1.82, 2.24) is 0 Å². The zero-order chi connectivity index (χ0) is 13.7. The molecule has 1 aromatic carbocycles. The van der Waals surface area contributed by atoms with Crippen LogP contribution in [0, 0.1) is 17.1 Å². The maximum absolute atomic E-state index is 13.5. The van der Waals surface area contributed by atoms with Crippen LogP contribution in [0.2, 0.25) is 0 Å². The van der Waals surface area contributed by atoms with Crippen molar-refractivity contribution in [3.8, 4) is 11.8 Å². The quantitative estimate of drug-likeness (QED) is 0.819. The molecule has 2 unspecified atom stereocenters. The van der Waals surface area contributed by atoms with Crippen molar-refractivity contribution < 1.29 is 13.9 Å². The Labute approximate surface area is 112 Å². The van der Waals surface area contributed by atoms with Crippen LogP contribution in [0.3, 0.4) is 0 Å². The molecule has 19 heavy (non-hydrogen) atoms. The number of para-hydroxylation sites is 1. The van der Waals surface area contributed by atoms with Crippen LogP contribution in [-0.4, -0.2) is 19.3 Å². The third kappa shape index (κ3) is 3.45. The van der Waals surface area contributed by atoms with E-state index in [2.05, 4.69) is 6.07 Å². The molecule has 1 fully saturated rings. The average molecular weight is 263 g/mol. The molecule has 0 N–H and O–H groups in total. The molecule has 0 aromatic heterocycles. The van der Waals surface area contributed by atoms with Gasteiger partial charge in [0.05, 0.1) is 31.8 Å². The molecule has 0 bridgehead atoms. The lowest BCUT2D eigenvalue weighted by molar-refractivity contribution is 0.0435. The first kappa shape index (κ1) is 13.8. The van der Waals surface area contributed by atoms with Crippen LogP contribution < -0.4 is 4.74 Å². The van der Waals surface area contributed by atoms with E-state index in [9.17, 15) is 4.39 Å². The van der Waals surface area contributed by atoms with E-state index >= 15 is 0 Å². The van der Waals surface area contributed by atoms with Crippen molar-refractivity contribution in [2.45, 2.75) is 44.3 Å². The minimum atomic E-state index is -0.324. The second kappa shape index (κ2) is 6.53. The van der Waals surface area contributed by atoms with Crippen LogP contribution in [0.4, 0.5) is 4.39 Å². The van der Waals surface area contributed by atoms with Crippen LogP contribution in [0.15, 0.2) is 18.2 Å². The van der Waals surface area contributed by atoms with Gasteiger partial charge in [0.25, 0.3) is 0 Å². The van der Waals surface area contributed by atoms with E-state index in [0.717, 1.165) is 31.2 Å². The third-order valence-corrected chi connectivity index (χ3v) is 3.50. The van der Waals surface area contributed by atoms with Gasteiger partial charge in [-0.3, -0.25) is 0 Å². The summed E-state index contributed by atoms with van der Waals surface area (Å²) in [5.74, 6) is 0.00349. The molecule has 4 heteroatoms. The van der Waals surface area contributed by atoms with Gasteiger partial charge in [0, 0.05) is 0 Å². The lowest BCUT2D eigenvalue weighted by atomic mass is 10.0. The monoisotopic (exact) mass is 263 g/mol. The second-order valence-corrected chi connectivity index (χ2v) is 4.79. The number of ether oxygens (including phenoxy) is 2. The van der Waals surface area contributed by atoms with Gasteiger partial charge in [-0.05, 0) is 37.3 Å². The van der Waals surface area contributed by atoms with Crippen LogP contribution in [0.25, 0.3) is 0 Å². The summed E-state index contributed by atoms with van der Waals surface area (Å²) in [6, 6.07) is 7.11. The number of hydrogen-bond acceptors (Lipinski definition) is 3. The van der Waals surface area contributed by atoms with E-state index in [4.69, 9.17) is 14.7 Å². The van der Waals surface area contributed by atoms with Crippen LogP contribution in [-0.2, 0) is 11.2 Å². The van der Waals surface area contributed by atoms with E-state index in [1.54, 1.807) is 6.07 Å². The summed E-state index contributed by atoms with van der Waals surface area (Å²) in [4.78, 5) is 0. The zero-order valence-corrected chi connectivity index (χ0v) is 11.1. The maximum Gasteiger partial charge on any atom is 0.165 e. The van der Waals surface area contributed by atoms with Crippen molar-refractivity contribution in [3.63, 3.8) is 0 Å². The first-order valence-electron chi connectivity index (χ1n) is 6.58. The number of rotatable bonds is 5. The minimum Gasteiger partial charge on any atom is -0.493 e. The van der Waals surface area contributed by atoms with E-state index in [1.165, 1.54) is 13.2 Å². The van der Waals surface area contributed by atoms with Crippen LogP contribution >= 0.6 is 0 Å². The molecule has 3 nitrogen and oxygen atoms in total. The first-order chi connectivity index (χ1) is 9.24. The topological polar surface area (TPSA) is 42.2 Å². The molecule has 2 rings (SSSR count). The number of nitrogens with zero attached hydrogens (tertiary/aromatic N) is 1. The molecule has 1 aromatic rings. The highest BCUT2D eigenvalue weighted by Gasteiger charge is 2.25. The lowest BCUT2D eigenvalue weighted by Crippen LogP contribution is -2.11. The number of methoxy groups -OCH3 is 1. The van der Waals surface area contributed by atoms with Gasteiger partial charge >= 0.3 is 0 Å². The molecule has 0 amide bonds. The SMILES string of the molecule is COc1c(F)cccc1CCC1CCC(CC#N)O1. The lowest BCUT2D eigenvalue weighted by Gasteiger charge is -2.13. The molecule has 1 saturated heterocycles. The predicted molar refractivity (Wildman–Crippen MR) is 69.4 cm³/mol. The standard InChI is InChI=1S/C15H18FNO2/c1-18-15-11(3-2-4-14(15)16)5-6-12-7-8-13(19-12)9-10-17/h2-4,12-13H,5-9H2,1H3. The Morgan fingerprint density at radius 3 is 2.95 bits per heavy atom. The number of nitriles is 1.